The molecule has 2 amide bonds. The van der Waals surface area contributed by atoms with Crippen molar-refractivity contribution >= 4 is 39.8 Å². The second-order valence-electron chi connectivity index (χ2n) is 6.60. The van der Waals surface area contributed by atoms with Crippen LogP contribution in [0.5, 0.6) is 5.75 Å². The number of ether oxygens (including phenoxy) is 1. The monoisotopic (exact) mass is 478 g/mol. The molecular weight excluding hydrogens is 456 g/mol. The van der Waals surface area contributed by atoms with Crippen LogP contribution in [0.4, 0.5) is 0 Å². The summed E-state index contributed by atoms with van der Waals surface area (Å²) in [6.45, 7) is 4.00. The fourth-order valence-electron chi connectivity index (χ4n) is 2.40. The van der Waals surface area contributed by atoms with Crippen LogP contribution < -0.4 is 15.4 Å². The van der Waals surface area contributed by atoms with Crippen LogP contribution in [0.2, 0.25) is 0 Å². The maximum Gasteiger partial charge on any atom is 0.303 e. The number of carbonyl (C=O) groups is 3. The van der Waals surface area contributed by atoms with Crippen molar-refractivity contribution in [1.82, 2.24) is 10.6 Å². The summed E-state index contributed by atoms with van der Waals surface area (Å²) < 4.78 is 11.2. The van der Waals surface area contributed by atoms with Crippen molar-refractivity contribution in [3.63, 3.8) is 0 Å². The van der Waals surface area contributed by atoms with Crippen LogP contribution in [-0.4, -0.2) is 35.5 Å². The van der Waals surface area contributed by atoms with Gasteiger partial charge in [0, 0.05) is 13.0 Å². The first-order valence-corrected chi connectivity index (χ1v) is 10.1. The number of benzene rings is 1. The predicted molar refractivity (Wildman–Crippen MR) is 114 cm³/mol. The first-order valence-electron chi connectivity index (χ1n) is 9.29. The van der Waals surface area contributed by atoms with Gasteiger partial charge in [-0.25, -0.2) is 0 Å². The largest absolute Gasteiger partial charge is 0.491 e. The number of nitrogens with one attached hydrogen (secondary N) is 2. The van der Waals surface area contributed by atoms with Gasteiger partial charge in [0.15, 0.2) is 10.4 Å². The molecule has 1 heterocycles. The van der Waals surface area contributed by atoms with Crippen molar-refractivity contribution < 1.29 is 28.6 Å². The van der Waals surface area contributed by atoms with E-state index in [-0.39, 0.29) is 36.9 Å². The average Bonchev–Trinajstić information content (AvgIpc) is 3.12. The summed E-state index contributed by atoms with van der Waals surface area (Å²) in [4.78, 5) is 35.6. The van der Waals surface area contributed by atoms with E-state index in [1.807, 2.05) is 13.8 Å². The molecule has 0 aliphatic heterocycles. The topological polar surface area (TPSA) is 118 Å². The van der Waals surface area contributed by atoms with E-state index in [1.165, 1.54) is 12.1 Å². The lowest BCUT2D eigenvalue weighted by atomic mass is 10.1. The normalized spacial score (nSPS) is 11.3. The number of furan rings is 1. The highest BCUT2D eigenvalue weighted by Crippen LogP contribution is 2.17. The zero-order valence-corrected chi connectivity index (χ0v) is 18.2. The molecule has 0 spiro atoms. The molecule has 0 radical (unpaired) electrons. The summed E-state index contributed by atoms with van der Waals surface area (Å²) in [6.07, 6.45) is 1.75. The van der Waals surface area contributed by atoms with Gasteiger partial charge in [-0.15, -0.1) is 0 Å². The summed E-state index contributed by atoms with van der Waals surface area (Å²) in [7, 11) is 0. The number of hydrogen-bond acceptors (Lipinski definition) is 5. The maximum absolute atomic E-state index is 12.6. The zero-order valence-electron chi connectivity index (χ0n) is 16.6. The predicted octanol–water partition coefficient (Wildman–Crippen LogP) is 3.58. The summed E-state index contributed by atoms with van der Waals surface area (Å²) in [5.41, 5.74) is 0.670. The molecule has 9 heteroatoms. The molecule has 1 aromatic carbocycles. The number of amides is 2. The van der Waals surface area contributed by atoms with Crippen LogP contribution in [0.25, 0.3) is 6.08 Å². The van der Waals surface area contributed by atoms with Gasteiger partial charge in [0.2, 0.25) is 0 Å². The third-order valence-corrected chi connectivity index (χ3v) is 4.13. The Morgan fingerprint density at radius 2 is 1.87 bits per heavy atom. The fourth-order valence-corrected chi connectivity index (χ4v) is 2.70. The number of halogens is 1. The molecule has 0 aliphatic rings. The number of hydrogen-bond donors (Lipinski definition) is 3. The highest BCUT2D eigenvalue weighted by atomic mass is 79.9. The molecule has 3 N–H and O–H groups in total. The molecule has 0 saturated carbocycles. The van der Waals surface area contributed by atoms with Gasteiger partial charge in [0.05, 0.1) is 6.10 Å². The van der Waals surface area contributed by atoms with E-state index >= 15 is 0 Å². The molecule has 1 aromatic heterocycles. The van der Waals surface area contributed by atoms with Gasteiger partial charge in [0.25, 0.3) is 11.8 Å². The summed E-state index contributed by atoms with van der Waals surface area (Å²) in [6, 6.07) is 10.1. The minimum Gasteiger partial charge on any atom is -0.491 e. The van der Waals surface area contributed by atoms with Crippen LogP contribution in [0.3, 0.4) is 0 Å². The summed E-state index contributed by atoms with van der Waals surface area (Å²) in [5, 5.41) is 13.8. The zero-order chi connectivity index (χ0) is 22.1. The van der Waals surface area contributed by atoms with Crippen LogP contribution in [0.1, 0.15) is 42.8 Å². The standard InChI is InChI=1S/C21H23BrN2O6/c1-13(2)29-15-7-5-14(6-8-15)12-16(20(27)23-11-3-4-19(25)26)24-21(28)17-9-10-18(22)30-17/h5-10,12-13H,3-4,11H2,1-2H3,(H,23,27)(H,24,28)(H,25,26)/b16-12+. The highest BCUT2D eigenvalue weighted by molar-refractivity contribution is 9.10. The molecule has 2 aromatic rings. The Bertz CT molecular complexity index is 918. The lowest BCUT2D eigenvalue weighted by molar-refractivity contribution is -0.137. The Labute approximate surface area is 182 Å². The van der Waals surface area contributed by atoms with Gasteiger partial charge < -0.3 is 24.9 Å². The molecule has 2 rings (SSSR count). The number of aliphatic carboxylic acids is 1. The van der Waals surface area contributed by atoms with E-state index < -0.39 is 17.8 Å². The van der Waals surface area contributed by atoms with Gasteiger partial charge in [-0.1, -0.05) is 12.1 Å². The van der Waals surface area contributed by atoms with Crippen molar-refractivity contribution in [3.8, 4) is 5.75 Å². The third kappa shape index (κ3) is 7.75. The lowest BCUT2D eigenvalue weighted by Gasteiger charge is -2.11. The third-order valence-electron chi connectivity index (χ3n) is 3.71. The Balaban J connectivity index is 2.16. The Morgan fingerprint density at radius 3 is 2.43 bits per heavy atom. The minimum absolute atomic E-state index is 0.000348. The van der Waals surface area contributed by atoms with Crippen molar-refractivity contribution in [1.29, 1.82) is 0 Å². The second-order valence-corrected chi connectivity index (χ2v) is 7.39. The average molecular weight is 479 g/mol. The van der Waals surface area contributed by atoms with E-state index in [0.717, 1.165) is 0 Å². The van der Waals surface area contributed by atoms with Crippen LogP contribution in [0.15, 0.2) is 51.2 Å². The molecule has 0 saturated heterocycles. The van der Waals surface area contributed by atoms with Crippen LogP contribution in [0, 0.1) is 0 Å². The van der Waals surface area contributed by atoms with Gasteiger partial charge in [-0.2, -0.15) is 0 Å². The molecule has 0 bridgehead atoms. The molecular formula is C21H23BrN2O6. The van der Waals surface area contributed by atoms with Crippen molar-refractivity contribution in [2.75, 3.05) is 6.54 Å². The van der Waals surface area contributed by atoms with E-state index in [0.29, 0.717) is 16.0 Å². The number of rotatable bonds is 10. The molecule has 0 atom stereocenters. The van der Waals surface area contributed by atoms with E-state index in [9.17, 15) is 14.4 Å². The van der Waals surface area contributed by atoms with Gasteiger partial charge in [-0.3, -0.25) is 14.4 Å². The maximum atomic E-state index is 12.6. The van der Waals surface area contributed by atoms with Gasteiger partial charge in [0.1, 0.15) is 11.4 Å². The minimum atomic E-state index is -0.944. The van der Waals surface area contributed by atoms with E-state index in [4.69, 9.17) is 14.3 Å². The van der Waals surface area contributed by atoms with Crippen molar-refractivity contribution in [2.24, 2.45) is 0 Å². The Hall–Kier alpha value is -3.07. The van der Waals surface area contributed by atoms with E-state index in [2.05, 4.69) is 26.6 Å². The lowest BCUT2D eigenvalue weighted by Crippen LogP contribution is -2.35. The highest BCUT2D eigenvalue weighted by Gasteiger charge is 2.17. The first kappa shape index (κ1) is 23.2. The smallest absolute Gasteiger partial charge is 0.303 e. The summed E-state index contributed by atoms with van der Waals surface area (Å²) >= 11 is 3.13. The number of carbonyl (C=O) groups excluding carboxylic acids is 2. The van der Waals surface area contributed by atoms with Crippen LogP contribution in [-0.2, 0) is 9.59 Å². The fraction of sp³-hybridized carbons (Fsp3) is 0.286. The second kappa shape index (κ2) is 11.2. The van der Waals surface area contributed by atoms with Crippen LogP contribution >= 0.6 is 15.9 Å². The molecule has 160 valence electrons. The SMILES string of the molecule is CC(C)Oc1ccc(/C=C(/NC(=O)c2ccc(Br)o2)C(=O)NCCCC(=O)O)cc1. The summed E-state index contributed by atoms with van der Waals surface area (Å²) in [5.74, 6) is -1.35. The molecule has 0 aliphatic carbocycles. The van der Waals surface area contributed by atoms with Crippen molar-refractivity contribution in [2.45, 2.75) is 32.8 Å². The number of carboxylic acid groups (broad SMARTS) is 1. The van der Waals surface area contributed by atoms with Gasteiger partial charge in [-0.05, 0) is 72.1 Å². The molecule has 0 fully saturated rings. The number of carboxylic acids is 1. The van der Waals surface area contributed by atoms with Crippen molar-refractivity contribution in [3.05, 3.63) is 58.1 Å². The Morgan fingerprint density at radius 1 is 1.17 bits per heavy atom. The molecule has 30 heavy (non-hydrogen) atoms. The molecule has 0 unspecified atom stereocenters. The first-order chi connectivity index (χ1) is 14.2. The molecule has 8 nitrogen and oxygen atoms in total. The van der Waals surface area contributed by atoms with E-state index in [1.54, 1.807) is 30.3 Å². The quantitative estimate of drug-likeness (QED) is 0.354. The Kier molecular flexibility index (Phi) is 8.67. The van der Waals surface area contributed by atoms with Gasteiger partial charge >= 0.3 is 5.97 Å².